The summed E-state index contributed by atoms with van der Waals surface area (Å²) in [7, 11) is 1.43. The third-order valence-corrected chi connectivity index (χ3v) is 3.57. The summed E-state index contributed by atoms with van der Waals surface area (Å²) in [5.41, 5.74) is 3.77. The van der Waals surface area contributed by atoms with Crippen LogP contribution < -0.4 is 0 Å². The van der Waals surface area contributed by atoms with Gasteiger partial charge in [-0.15, -0.1) is 0 Å². The Balaban J connectivity index is 2.00. The van der Waals surface area contributed by atoms with Crippen LogP contribution in [-0.4, -0.2) is 17.6 Å². The first kappa shape index (κ1) is 14.4. The lowest BCUT2D eigenvalue weighted by molar-refractivity contribution is -0.140. The molecular formula is C17H21NO2. The van der Waals surface area contributed by atoms with E-state index in [1.807, 2.05) is 6.07 Å². The Morgan fingerprint density at radius 2 is 1.85 bits per heavy atom. The third-order valence-electron chi connectivity index (χ3n) is 3.57. The largest absolute Gasteiger partial charge is 0.469 e. The van der Waals surface area contributed by atoms with Crippen molar-refractivity contribution in [2.45, 2.75) is 32.7 Å². The number of rotatable bonds is 6. The van der Waals surface area contributed by atoms with Crippen LogP contribution >= 0.6 is 0 Å². The number of nitrogens with zero attached hydrogens (tertiary/aromatic N) is 1. The summed E-state index contributed by atoms with van der Waals surface area (Å²) < 4.78 is 6.99. The van der Waals surface area contributed by atoms with Gasteiger partial charge in [0.15, 0.2) is 0 Å². The highest BCUT2D eigenvalue weighted by Gasteiger charge is 2.08. The predicted molar refractivity (Wildman–Crippen MR) is 79.7 cm³/mol. The van der Waals surface area contributed by atoms with Gasteiger partial charge in [-0.05, 0) is 37.5 Å². The Bertz CT molecular complexity index is 558. The second-order valence-electron chi connectivity index (χ2n) is 4.93. The minimum atomic E-state index is -0.154. The van der Waals surface area contributed by atoms with Crippen molar-refractivity contribution < 1.29 is 9.53 Å². The number of carbonyl (C=O) groups excluding carboxylic acids is 1. The first-order valence-electron chi connectivity index (χ1n) is 6.96. The lowest BCUT2D eigenvalue weighted by Gasteiger charge is -2.11. The summed E-state index contributed by atoms with van der Waals surface area (Å²) >= 11 is 0. The van der Waals surface area contributed by atoms with E-state index in [4.69, 9.17) is 4.74 Å². The van der Waals surface area contributed by atoms with E-state index in [0.717, 1.165) is 19.4 Å². The molecule has 20 heavy (non-hydrogen) atoms. The maximum absolute atomic E-state index is 11.3. The number of carbonyl (C=O) groups is 1. The maximum Gasteiger partial charge on any atom is 0.305 e. The number of methoxy groups -OCH3 is 1. The van der Waals surface area contributed by atoms with E-state index in [1.54, 1.807) is 0 Å². The zero-order chi connectivity index (χ0) is 14.4. The zero-order valence-electron chi connectivity index (χ0n) is 12.1. The fraction of sp³-hybridized carbons (Fsp3) is 0.353. The topological polar surface area (TPSA) is 31.2 Å². The van der Waals surface area contributed by atoms with E-state index in [2.05, 4.69) is 47.9 Å². The van der Waals surface area contributed by atoms with Crippen molar-refractivity contribution in [2.24, 2.45) is 0 Å². The molecular weight excluding hydrogens is 250 g/mol. The van der Waals surface area contributed by atoms with Gasteiger partial charge in [0.05, 0.1) is 13.5 Å². The highest BCUT2D eigenvalue weighted by molar-refractivity contribution is 5.69. The molecule has 1 aromatic heterocycles. The first-order chi connectivity index (χ1) is 9.70. The molecule has 3 nitrogen and oxygen atoms in total. The Kier molecular flexibility index (Phi) is 4.99. The molecule has 0 spiro atoms. The average Bonchev–Trinajstić information content (AvgIpc) is 2.84. The molecule has 0 aliphatic carbocycles. The summed E-state index contributed by atoms with van der Waals surface area (Å²) in [6.07, 6.45) is 2.17. The van der Waals surface area contributed by atoms with Gasteiger partial charge < -0.3 is 9.30 Å². The molecule has 0 bridgehead atoms. The van der Waals surface area contributed by atoms with Gasteiger partial charge in [0, 0.05) is 17.9 Å². The number of aromatic nitrogens is 1. The molecule has 106 valence electrons. The maximum atomic E-state index is 11.3. The molecule has 0 saturated heterocycles. The molecule has 0 atom stereocenters. The molecule has 0 aliphatic rings. The molecule has 2 aromatic rings. The predicted octanol–water partition coefficient (Wildman–Crippen LogP) is 3.14. The standard InChI is InChI=1S/C17H21NO2/c1-14-8-9-16(10-11-17(19)20-2)18(14)13-12-15-6-4-3-5-7-15/h3-9H,10-13H2,1-2H3. The lowest BCUT2D eigenvalue weighted by Crippen LogP contribution is -2.09. The summed E-state index contributed by atoms with van der Waals surface area (Å²) in [6, 6.07) is 14.7. The van der Waals surface area contributed by atoms with Crippen molar-refractivity contribution in [2.75, 3.05) is 7.11 Å². The van der Waals surface area contributed by atoms with Gasteiger partial charge in [-0.2, -0.15) is 0 Å². The van der Waals surface area contributed by atoms with Crippen LogP contribution in [0.4, 0.5) is 0 Å². The second kappa shape index (κ2) is 6.94. The van der Waals surface area contributed by atoms with Gasteiger partial charge in [-0.25, -0.2) is 0 Å². The molecule has 0 N–H and O–H groups in total. The van der Waals surface area contributed by atoms with Crippen molar-refractivity contribution >= 4 is 5.97 Å². The molecule has 2 rings (SSSR count). The molecule has 3 heteroatoms. The highest BCUT2D eigenvalue weighted by atomic mass is 16.5. The van der Waals surface area contributed by atoms with Crippen LogP contribution in [0.1, 0.15) is 23.4 Å². The number of hydrogen-bond acceptors (Lipinski definition) is 2. The normalized spacial score (nSPS) is 10.5. The molecule has 0 radical (unpaired) electrons. The zero-order valence-corrected chi connectivity index (χ0v) is 12.1. The van der Waals surface area contributed by atoms with E-state index in [0.29, 0.717) is 6.42 Å². The molecule has 0 amide bonds. The Morgan fingerprint density at radius 3 is 2.55 bits per heavy atom. The second-order valence-corrected chi connectivity index (χ2v) is 4.93. The smallest absolute Gasteiger partial charge is 0.305 e. The van der Waals surface area contributed by atoms with E-state index in [9.17, 15) is 4.79 Å². The lowest BCUT2D eigenvalue weighted by atomic mass is 10.1. The molecule has 1 heterocycles. The van der Waals surface area contributed by atoms with Crippen molar-refractivity contribution in [1.29, 1.82) is 0 Å². The van der Waals surface area contributed by atoms with Crippen LogP contribution in [0.25, 0.3) is 0 Å². The summed E-state index contributed by atoms with van der Waals surface area (Å²) in [4.78, 5) is 11.3. The minimum absolute atomic E-state index is 0.154. The fourth-order valence-corrected chi connectivity index (χ4v) is 2.38. The Morgan fingerprint density at radius 1 is 1.10 bits per heavy atom. The molecule has 0 unspecified atom stereocenters. The number of ether oxygens (including phenoxy) is 1. The Hall–Kier alpha value is -2.03. The van der Waals surface area contributed by atoms with Gasteiger partial charge in [-0.1, -0.05) is 30.3 Å². The van der Waals surface area contributed by atoms with Crippen LogP contribution in [0, 0.1) is 6.92 Å². The number of esters is 1. The fourth-order valence-electron chi connectivity index (χ4n) is 2.38. The summed E-state index contributed by atoms with van der Waals surface area (Å²) in [5, 5.41) is 0. The first-order valence-corrected chi connectivity index (χ1v) is 6.96. The van der Waals surface area contributed by atoms with Gasteiger partial charge in [0.2, 0.25) is 0 Å². The van der Waals surface area contributed by atoms with Crippen LogP contribution in [0.15, 0.2) is 42.5 Å². The van der Waals surface area contributed by atoms with Crippen LogP contribution in [0.5, 0.6) is 0 Å². The van der Waals surface area contributed by atoms with Crippen molar-refractivity contribution in [3.63, 3.8) is 0 Å². The average molecular weight is 271 g/mol. The van der Waals surface area contributed by atoms with E-state index >= 15 is 0 Å². The van der Waals surface area contributed by atoms with Gasteiger partial charge in [0.25, 0.3) is 0 Å². The quantitative estimate of drug-likeness (QED) is 0.756. The SMILES string of the molecule is COC(=O)CCc1ccc(C)n1CCc1ccccc1. The summed E-state index contributed by atoms with van der Waals surface area (Å²) in [5.74, 6) is -0.154. The van der Waals surface area contributed by atoms with E-state index < -0.39 is 0 Å². The van der Waals surface area contributed by atoms with Gasteiger partial charge in [-0.3, -0.25) is 4.79 Å². The number of benzene rings is 1. The van der Waals surface area contributed by atoms with E-state index in [1.165, 1.54) is 24.1 Å². The van der Waals surface area contributed by atoms with Crippen molar-refractivity contribution in [3.05, 3.63) is 59.4 Å². The van der Waals surface area contributed by atoms with Crippen molar-refractivity contribution in [1.82, 2.24) is 4.57 Å². The van der Waals surface area contributed by atoms with Crippen LogP contribution in [-0.2, 0) is 28.9 Å². The highest BCUT2D eigenvalue weighted by Crippen LogP contribution is 2.13. The molecule has 0 aliphatic heterocycles. The molecule has 0 fully saturated rings. The van der Waals surface area contributed by atoms with E-state index in [-0.39, 0.29) is 5.97 Å². The molecule has 0 saturated carbocycles. The minimum Gasteiger partial charge on any atom is -0.469 e. The number of aryl methyl sites for hydroxylation is 3. The number of hydrogen-bond donors (Lipinski definition) is 0. The third kappa shape index (κ3) is 3.73. The van der Waals surface area contributed by atoms with Gasteiger partial charge in [0.1, 0.15) is 0 Å². The van der Waals surface area contributed by atoms with Crippen molar-refractivity contribution in [3.8, 4) is 0 Å². The van der Waals surface area contributed by atoms with Crippen LogP contribution in [0.3, 0.4) is 0 Å². The molecule has 1 aromatic carbocycles. The van der Waals surface area contributed by atoms with Gasteiger partial charge >= 0.3 is 5.97 Å². The summed E-state index contributed by atoms with van der Waals surface area (Å²) in [6.45, 7) is 3.05. The monoisotopic (exact) mass is 271 g/mol. The van der Waals surface area contributed by atoms with Crippen LogP contribution in [0.2, 0.25) is 0 Å². The Labute approximate surface area is 120 Å².